The SMILES string of the molecule is COc1ccc(-c2noc(CN3CCC(C(=O)Nc4cc([N+](=O)[O-])ccc4C)CC3)n2)cc1OC. The molecule has 1 N–H and O–H groups in total. The lowest BCUT2D eigenvalue weighted by Gasteiger charge is -2.30. The Kier molecular flexibility index (Phi) is 7.25. The van der Waals surface area contributed by atoms with E-state index in [9.17, 15) is 14.9 Å². The van der Waals surface area contributed by atoms with Gasteiger partial charge in [0.2, 0.25) is 17.6 Å². The van der Waals surface area contributed by atoms with Crippen LogP contribution < -0.4 is 14.8 Å². The average molecular weight is 482 g/mol. The highest BCUT2D eigenvalue weighted by molar-refractivity contribution is 5.93. The third-order valence-corrected chi connectivity index (χ3v) is 6.12. The molecule has 2 aromatic carbocycles. The molecule has 0 unspecified atom stereocenters. The number of nitro benzene ring substituents is 1. The van der Waals surface area contributed by atoms with Crippen LogP contribution in [-0.2, 0) is 11.3 Å². The van der Waals surface area contributed by atoms with Crippen LogP contribution >= 0.6 is 0 Å². The molecule has 0 bridgehead atoms. The van der Waals surface area contributed by atoms with Gasteiger partial charge in [-0.1, -0.05) is 11.2 Å². The number of nitro groups is 1. The molecule has 0 saturated carbocycles. The van der Waals surface area contributed by atoms with Crippen LogP contribution in [0.2, 0.25) is 0 Å². The molecule has 3 aromatic rings. The van der Waals surface area contributed by atoms with Gasteiger partial charge >= 0.3 is 0 Å². The van der Waals surface area contributed by atoms with Crippen molar-refractivity contribution in [1.29, 1.82) is 0 Å². The number of anilines is 1. The molecule has 2 heterocycles. The summed E-state index contributed by atoms with van der Waals surface area (Å²) in [6.45, 7) is 3.68. The Bertz CT molecular complexity index is 1220. The minimum Gasteiger partial charge on any atom is -0.493 e. The van der Waals surface area contributed by atoms with Crippen LogP contribution in [0.15, 0.2) is 40.9 Å². The predicted molar refractivity (Wildman–Crippen MR) is 127 cm³/mol. The summed E-state index contributed by atoms with van der Waals surface area (Å²) in [4.78, 5) is 30.0. The molecule has 0 aliphatic carbocycles. The number of carbonyl (C=O) groups excluding carboxylic acids is 1. The van der Waals surface area contributed by atoms with Crippen molar-refractivity contribution in [3.63, 3.8) is 0 Å². The fourth-order valence-electron chi connectivity index (χ4n) is 4.05. The number of hydrogen-bond donors (Lipinski definition) is 1. The maximum absolute atomic E-state index is 12.8. The number of amides is 1. The van der Waals surface area contributed by atoms with Crippen LogP contribution in [0.1, 0.15) is 24.3 Å². The first-order chi connectivity index (χ1) is 16.9. The molecule has 0 atom stereocenters. The van der Waals surface area contributed by atoms with Crippen LogP contribution in [0.5, 0.6) is 11.5 Å². The zero-order valence-electron chi connectivity index (χ0n) is 19.8. The van der Waals surface area contributed by atoms with Gasteiger partial charge in [-0.3, -0.25) is 19.8 Å². The molecule has 1 aliphatic heterocycles. The molecule has 1 aliphatic rings. The first-order valence-corrected chi connectivity index (χ1v) is 11.2. The number of hydrogen-bond acceptors (Lipinski definition) is 9. The van der Waals surface area contributed by atoms with Crippen LogP contribution in [0.25, 0.3) is 11.4 Å². The van der Waals surface area contributed by atoms with Crippen molar-refractivity contribution in [2.45, 2.75) is 26.3 Å². The third-order valence-electron chi connectivity index (χ3n) is 6.12. The van der Waals surface area contributed by atoms with E-state index in [1.54, 1.807) is 32.4 Å². The Balaban J connectivity index is 1.32. The number of benzene rings is 2. The number of piperidine rings is 1. The lowest BCUT2D eigenvalue weighted by Crippen LogP contribution is -2.37. The van der Waals surface area contributed by atoms with Gasteiger partial charge in [0.1, 0.15) is 0 Å². The highest BCUT2D eigenvalue weighted by Gasteiger charge is 2.27. The Morgan fingerprint density at radius 1 is 1.17 bits per heavy atom. The van der Waals surface area contributed by atoms with E-state index in [1.165, 1.54) is 12.1 Å². The first-order valence-electron chi connectivity index (χ1n) is 11.2. The Morgan fingerprint density at radius 3 is 2.60 bits per heavy atom. The van der Waals surface area contributed by atoms with Gasteiger partial charge in [-0.2, -0.15) is 4.98 Å². The van der Waals surface area contributed by atoms with E-state index in [4.69, 9.17) is 14.0 Å². The van der Waals surface area contributed by atoms with E-state index < -0.39 is 4.92 Å². The highest BCUT2D eigenvalue weighted by Crippen LogP contribution is 2.31. The second-order valence-electron chi connectivity index (χ2n) is 8.38. The second kappa shape index (κ2) is 10.5. The van der Waals surface area contributed by atoms with Gasteiger partial charge in [-0.25, -0.2) is 0 Å². The van der Waals surface area contributed by atoms with Crippen molar-refractivity contribution in [2.24, 2.45) is 5.92 Å². The molecule has 184 valence electrons. The van der Waals surface area contributed by atoms with E-state index in [0.29, 0.717) is 61.4 Å². The summed E-state index contributed by atoms with van der Waals surface area (Å²) in [6.07, 6.45) is 1.33. The van der Waals surface area contributed by atoms with Gasteiger partial charge in [0.15, 0.2) is 11.5 Å². The van der Waals surface area contributed by atoms with E-state index in [-0.39, 0.29) is 17.5 Å². The molecule has 0 spiro atoms. The number of likely N-dealkylation sites (tertiary alicyclic amines) is 1. The molecule has 4 rings (SSSR count). The summed E-state index contributed by atoms with van der Waals surface area (Å²) in [6, 6.07) is 9.88. The summed E-state index contributed by atoms with van der Waals surface area (Å²) in [5.74, 6) is 1.86. The van der Waals surface area contributed by atoms with Gasteiger partial charge in [0.25, 0.3) is 5.69 Å². The van der Waals surface area contributed by atoms with E-state index in [0.717, 1.165) is 11.1 Å². The van der Waals surface area contributed by atoms with Crippen LogP contribution in [0.3, 0.4) is 0 Å². The smallest absolute Gasteiger partial charge is 0.271 e. The zero-order valence-corrected chi connectivity index (χ0v) is 19.8. The fourth-order valence-corrected chi connectivity index (χ4v) is 4.05. The summed E-state index contributed by atoms with van der Waals surface area (Å²) in [7, 11) is 3.14. The molecule has 1 fully saturated rings. The standard InChI is InChI=1S/C24H27N5O6/c1-15-4-6-18(29(31)32)13-19(15)25-24(30)16-8-10-28(11-9-16)14-22-26-23(27-35-22)17-5-7-20(33-2)21(12-17)34-3/h4-7,12-13,16H,8-11,14H2,1-3H3,(H,25,30). The van der Waals surface area contributed by atoms with Crippen molar-refractivity contribution in [1.82, 2.24) is 15.0 Å². The normalized spacial score (nSPS) is 14.5. The quantitative estimate of drug-likeness (QED) is 0.376. The number of nitrogens with zero attached hydrogens (tertiary/aromatic N) is 4. The number of carbonyl (C=O) groups is 1. The lowest BCUT2D eigenvalue weighted by molar-refractivity contribution is -0.384. The van der Waals surface area contributed by atoms with Crippen molar-refractivity contribution in [3.8, 4) is 22.9 Å². The molecule has 1 saturated heterocycles. The topological polar surface area (TPSA) is 133 Å². The monoisotopic (exact) mass is 481 g/mol. The lowest BCUT2D eigenvalue weighted by atomic mass is 9.95. The molecular formula is C24H27N5O6. The number of non-ortho nitro benzene ring substituents is 1. The molecule has 1 amide bonds. The summed E-state index contributed by atoms with van der Waals surface area (Å²) in [5, 5.41) is 18.0. The zero-order chi connectivity index (χ0) is 24.9. The number of aromatic nitrogens is 2. The van der Waals surface area contributed by atoms with E-state index in [2.05, 4.69) is 20.4 Å². The van der Waals surface area contributed by atoms with Gasteiger partial charge in [0.05, 0.1) is 31.4 Å². The Morgan fingerprint density at radius 2 is 1.91 bits per heavy atom. The molecule has 0 radical (unpaired) electrons. The summed E-state index contributed by atoms with van der Waals surface area (Å²) < 4.78 is 16.0. The van der Waals surface area contributed by atoms with Crippen LogP contribution in [0.4, 0.5) is 11.4 Å². The predicted octanol–water partition coefficient (Wildman–Crippen LogP) is 3.82. The third kappa shape index (κ3) is 5.57. The molecule has 11 heteroatoms. The maximum Gasteiger partial charge on any atom is 0.271 e. The largest absolute Gasteiger partial charge is 0.493 e. The van der Waals surface area contributed by atoms with Crippen molar-refractivity contribution in [3.05, 3.63) is 58.0 Å². The summed E-state index contributed by atoms with van der Waals surface area (Å²) >= 11 is 0. The van der Waals surface area contributed by atoms with Crippen LogP contribution in [0, 0.1) is 23.0 Å². The molecule has 1 aromatic heterocycles. The van der Waals surface area contributed by atoms with Crippen molar-refractivity contribution < 1.29 is 23.7 Å². The van der Waals surface area contributed by atoms with E-state index in [1.807, 2.05) is 13.0 Å². The number of nitrogens with one attached hydrogen (secondary N) is 1. The number of methoxy groups -OCH3 is 2. The van der Waals surface area contributed by atoms with Gasteiger partial charge < -0.3 is 19.3 Å². The fraction of sp³-hybridized carbons (Fsp3) is 0.375. The second-order valence-corrected chi connectivity index (χ2v) is 8.38. The first kappa shape index (κ1) is 24.1. The summed E-state index contributed by atoms with van der Waals surface area (Å²) in [5.41, 5.74) is 1.96. The van der Waals surface area contributed by atoms with Crippen LogP contribution in [-0.4, -0.2) is 53.2 Å². The van der Waals surface area contributed by atoms with Crippen molar-refractivity contribution in [2.75, 3.05) is 32.6 Å². The number of rotatable bonds is 8. The van der Waals surface area contributed by atoms with Gasteiger partial charge in [-0.15, -0.1) is 0 Å². The average Bonchev–Trinajstić information content (AvgIpc) is 3.33. The Labute approximate surface area is 202 Å². The van der Waals surface area contributed by atoms with Gasteiger partial charge in [-0.05, 0) is 56.6 Å². The van der Waals surface area contributed by atoms with Gasteiger partial charge in [0, 0.05) is 23.6 Å². The molecular weight excluding hydrogens is 454 g/mol. The molecule has 11 nitrogen and oxygen atoms in total. The molecule has 35 heavy (non-hydrogen) atoms. The van der Waals surface area contributed by atoms with Crippen molar-refractivity contribution >= 4 is 17.3 Å². The minimum atomic E-state index is -0.471. The Hall–Kier alpha value is -3.99. The number of aryl methyl sites for hydroxylation is 1. The maximum atomic E-state index is 12.8. The minimum absolute atomic E-state index is 0.0484. The van der Waals surface area contributed by atoms with E-state index >= 15 is 0 Å². The highest BCUT2D eigenvalue weighted by atomic mass is 16.6. The number of ether oxygens (including phenoxy) is 2.